The summed E-state index contributed by atoms with van der Waals surface area (Å²) in [7, 11) is 0. The van der Waals surface area contributed by atoms with Gasteiger partial charge in [-0.15, -0.1) is 0 Å². The van der Waals surface area contributed by atoms with Gasteiger partial charge in [-0.25, -0.2) is 4.98 Å². The third-order valence-electron chi connectivity index (χ3n) is 8.72. The molecule has 0 N–H and O–H groups in total. The van der Waals surface area contributed by atoms with Gasteiger partial charge in [0.2, 0.25) is 0 Å². The Morgan fingerprint density at radius 2 is 1.30 bits per heavy atom. The number of para-hydroxylation sites is 2. The third kappa shape index (κ3) is 4.29. The average Bonchev–Trinajstić information content (AvgIpc) is 3.62. The van der Waals surface area contributed by atoms with Gasteiger partial charge in [0.1, 0.15) is 17.0 Å². The predicted octanol–water partition coefficient (Wildman–Crippen LogP) is 11.4. The van der Waals surface area contributed by atoms with Gasteiger partial charge < -0.3 is 4.42 Å². The Hall–Kier alpha value is -4.63. The quantitative estimate of drug-likeness (QED) is 0.208. The van der Waals surface area contributed by atoms with Crippen LogP contribution < -0.4 is 0 Å². The van der Waals surface area contributed by atoms with E-state index >= 15 is 0 Å². The van der Waals surface area contributed by atoms with Crippen LogP contribution in [0.2, 0.25) is 0 Å². The highest BCUT2D eigenvalue weighted by atomic mass is 16.3. The SMILES string of the molecule is [2H]C([2H])([2H])c1ccc(-c2nc3ccccc3n2-c2c(C(C)C)cc(-c3ccccc3)cc2C(C)C)c2oc3c(C)ccc(C)c3c12. The minimum atomic E-state index is -2.31. The van der Waals surface area contributed by atoms with Crippen molar-refractivity contribution in [2.45, 2.75) is 60.2 Å². The maximum Gasteiger partial charge on any atom is 0.149 e. The van der Waals surface area contributed by atoms with Crippen LogP contribution in [0.4, 0.5) is 0 Å². The Morgan fingerprint density at radius 3 is 2.00 bits per heavy atom. The van der Waals surface area contributed by atoms with Crippen molar-refractivity contribution in [2.75, 3.05) is 0 Å². The fourth-order valence-electron chi connectivity index (χ4n) is 6.49. The van der Waals surface area contributed by atoms with Gasteiger partial charge in [-0.05, 0) is 102 Å². The third-order valence-corrected chi connectivity index (χ3v) is 8.72. The van der Waals surface area contributed by atoms with Crippen LogP contribution in [0.25, 0.3) is 61.2 Å². The molecule has 7 aromatic rings. The first-order valence-corrected chi connectivity index (χ1v) is 15.1. The van der Waals surface area contributed by atoms with Gasteiger partial charge in [0, 0.05) is 14.9 Å². The Kier molecular flexibility index (Phi) is 5.70. The van der Waals surface area contributed by atoms with Crippen LogP contribution in [0.15, 0.2) is 95.4 Å². The molecule has 0 unspecified atom stereocenters. The number of aryl methyl sites for hydroxylation is 3. The molecule has 0 bridgehead atoms. The topological polar surface area (TPSA) is 31.0 Å². The molecule has 0 spiro atoms. The lowest BCUT2D eigenvalue weighted by Crippen LogP contribution is -2.09. The highest BCUT2D eigenvalue weighted by Crippen LogP contribution is 2.44. The first-order chi connectivity index (χ1) is 22.0. The van der Waals surface area contributed by atoms with E-state index in [1.165, 1.54) is 22.3 Å². The number of rotatable bonds is 5. The summed E-state index contributed by atoms with van der Waals surface area (Å²) >= 11 is 0. The fourth-order valence-corrected chi connectivity index (χ4v) is 6.49. The van der Waals surface area contributed by atoms with Crippen LogP contribution in [-0.4, -0.2) is 9.55 Å². The molecule has 214 valence electrons. The average molecular weight is 566 g/mol. The van der Waals surface area contributed by atoms with Crippen LogP contribution in [-0.2, 0) is 0 Å². The van der Waals surface area contributed by atoms with E-state index in [2.05, 4.69) is 74.7 Å². The van der Waals surface area contributed by atoms with E-state index in [4.69, 9.17) is 13.5 Å². The maximum atomic E-state index is 8.45. The van der Waals surface area contributed by atoms with Crippen molar-refractivity contribution >= 4 is 33.0 Å². The molecule has 0 radical (unpaired) electrons. The largest absolute Gasteiger partial charge is 0.455 e. The van der Waals surface area contributed by atoms with Crippen molar-refractivity contribution in [3.63, 3.8) is 0 Å². The van der Waals surface area contributed by atoms with Gasteiger partial charge in [-0.3, -0.25) is 4.57 Å². The molecule has 0 aliphatic carbocycles. The Balaban J connectivity index is 1.63. The summed E-state index contributed by atoms with van der Waals surface area (Å²) in [6, 6.07) is 31.1. The summed E-state index contributed by atoms with van der Waals surface area (Å²) in [6.07, 6.45) is 0. The summed E-state index contributed by atoms with van der Waals surface area (Å²) < 4.78 is 34.3. The molecule has 7 rings (SSSR count). The van der Waals surface area contributed by atoms with Crippen molar-refractivity contribution in [2.24, 2.45) is 0 Å². The lowest BCUT2D eigenvalue weighted by molar-refractivity contribution is 0.666. The molecule has 0 amide bonds. The second kappa shape index (κ2) is 10.3. The smallest absolute Gasteiger partial charge is 0.149 e. The summed E-state index contributed by atoms with van der Waals surface area (Å²) in [4.78, 5) is 5.26. The standard InChI is InChI=1S/C40H38N2O/c1-23(2)31-21-29(28-13-9-8-10-14-28)22-32(24(3)4)37(31)42-34-16-12-11-15-33(34)41-40(42)30-20-19-26(6)36-35-25(5)17-18-27(7)38(35)43-39(30)36/h8-24H,1-7H3/i6D3. The normalized spacial score (nSPS) is 13.3. The molecular formula is C40H38N2O. The molecule has 3 heteroatoms. The van der Waals surface area contributed by atoms with E-state index in [0.29, 0.717) is 22.1 Å². The molecule has 0 atom stereocenters. The maximum absolute atomic E-state index is 8.45. The zero-order valence-electron chi connectivity index (χ0n) is 28.6. The van der Waals surface area contributed by atoms with Gasteiger partial charge in [-0.1, -0.05) is 88.4 Å². The molecule has 43 heavy (non-hydrogen) atoms. The monoisotopic (exact) mass is 565 g/mol. The molecule has 0 aliphatic heterocycles. The van der Waals surface area contributed by atoms with Crippen molar-refractivity contribution in [1.29, 1.82) is 0 Å². The Labute approximate surface area is 258 Å². The number of imidazole rings is 1. The van der Waals surface area contributed by atoms with Gasteiger partial charge >= 0.3 is 0 Å². The lowest BCUT2D eigenvalue weighted by Gasteiger charge is -2.24. The Bertz CT molecular complexity index is 2240. The van der Waals surface area contributed by atoms with E-state index < -0.39 is 6.85 Å². The first kappa shape index (κ1) is 23.9. The van der Waals surface area contributed by atoms with Crippen LogP contribution >= 0.6 is 0 Å². The van der Waals surface area contributed by atoms with Gasteiger partial charge in [-0.2, -0.15) is 0 Å². The minimum absolute atomic E-state index is 0.222. The zero-order chi connectivity index (χ0) is 32.5. The molecule has 0 saturated carbocycles. The molecular weight excluding hydrogens is 524 g/mol. The van der Waals surface area contributed by atoms with E-state index in [-0.39, 0.29) is 11.8 Å². The summed E-state index contributed by atoms with van der Waals surface area (Å²) in [5.41, 5.74) is 12.1. The van der Waals surface area contributed by atoms with Crippen molar-refractivity contribution < 1.29 is 8.53 Å². The van der Waals surface area contributed by atoms with Gasteiger partial charge in [0.05, 0.1) is 22.3 Å². The number of nitrogens with zero attached hydrogens (tertiary/aromatic N) is 2. The highest BCUT2D eigenvalue weighted by molar-refractivity contribution is 6.13. The fraction of sp³-hybridized carbons (Fsp3) is 0.225. The zero-order valence-corrected chi connectivity index (χ0v) is 25.6. The summed E-state index contributed by atoms with van der Waals surface area (Å²) in [5.74, 6) is 1.17. The number of fused-ring (bicyclic) bond motifs is 4. The van der Waals surface area contributed by atoms with Crippen LogP contribution in [0.3, 0.4) is 0 Å². The van der Waals surface area contributed by atoms with E-state index in [9.17, 15) is 0 Å². The number of hydrogen-bond acceptors (Lipinski definition) is 2. The molecule has 0 aliphatic rings. The molecule has 0 fully saturated rings. The number of furan rings is 1. The molecule has 5 aromatic carbocycles. The number of aromatic nitrogens is 2. The van der Waals surface area contributed by atoms with Crippen molar-refractivity contribution in [3.05, 3.63) is 119 Å². The first-order valence-electron chi connectivity index (χ1n) is 16.6. The number of benzene rings is 5. The van der Waals surface area contributed by atoms with Crippen molar-refractivity contribution in [1.82, 2.24) is 9.55 Å². The predicted molar refractivity (Wildman–Crippen MR) is 182 cm³/mol. The summed E-state index contributed by atoms with van der Waals surface area (Å²) in [6.45, 7) is 10.7. The van der Waals surface area contributed by atoms with Crippen LogP contribution in [0.1, 0.15) is 71.5 Å². The summed E-state index contributed by atoms with van der Waals surface area (Å²) in [5, 5.41) is 1.49. The van der Waals surface area contributed by atoms with Crippen LogP contribution in [0.5, 0.6) is 0 Å². The van der Waals surface area contributed by atoms with Gasteiger partial charge in [0.25, 0.3) is 0 Å². The Morgan fingerprint density at radius 1 is 0.674 bits per heavy atom. The van der Waals surface area contributed by atoms with E-state index in [0.717, 1.165) is 44.6 Å². The second-order valence-corrected chi connectivity index (χ2v) is 12.3. The minimum Gasteiger partial charge on any atom is -0.455 e. The molecule has 3 nitrogen and oxygen atoms in total. The van der Waals surface area contributed by atoms with Crippen LogP contribution in [0, 0.1) is 20.7 Å². The molecule has 2 aromatic heterocycles. The van der Waals surface area contributed by atoms with E-state index in [1.807, 2.05) is 56.3 Å². The molecule has 2 heterocycles. The number of hydrogen-bond donors (Lipinski definition) is 0. The van der Waals surface area contributed by atoms with E-state index in [1.54, 1.807) is 6.07 Å². The highest BCUT2D eigenvalue weighted by Gasteiger charge is 2.26. The molecule has 0 saturated heterocycles. The van der Waals surface area contributed by atoms with Crippen molar-refractivity contribution in [3.8, 4) is 28.2 Å². The van der Waals surface area contributed by atoms with Gasteiger partial charge in [0.15, 0.2) is 0 Å². The lowest BCUT2D eigenvalue weighted by atomic mass is 9.88. The second-order valence-electron chi connectivity index (χ2n) is 12.3.